The summed E-state index contributed by atoms with van der Waals surface area (Å²) in [5.74, 6) is -1.03. The molecule has 1 aromatic rings. The van der Waals surface area contributed by atoms with E-state index in [9.17, 15) is 4.79 Å². The van der Waals surface area contributed by atoms with Gasteiger partial charge in [-0.05, 0) is 38.3 Å². The van der Waals surface area contributed by atoms with Gasteiger partial charge in [-0.1, -0.05) is 24.6 Å². The molecule has 0 aliphatic carbocycles. The number of rotatable bonds is 5. The molecule has 3 heteroatoms. The Balaban J connectivity index is 2.61. The fraction of sp³-hybridized carbons (Fsp3) is 0.500. The number of nitrogens with one attached hydrogen (secondary N) is 1. The molecule has 1 aromatic carbocycles. The Hall–Kier alpha value is -1.51. The average Bonchev–Trinajstić information content (AvgIpc) is 2.21. The molecule has 0 saturated carbocycles. The highest BCUT2D eigenvalue weighted by Gasteiger charge is 2.10. The highest BCUT2D eigenvalue weighted by molar-refractivity contribution is 5.69. The Morgan fingerprint density at radius 1 is 1.29 bits per heavy atom. The van der Waals surface area contributed by atoms with Crippen molar-refractivity contribution in [3.8, 4) is 0 Å². The lowest BCUT2D eigenvalue weighted by Crippen LogP contribution is -2.15. The summed E-state index contributed by atoms with van der Waals surface area (Å²) < 4.78 is 0. The summed E-state index contributed by atoms with van der Waals surface area (Å²) in [5, 5.41) is 12.1. The molecule has 0 aliphatic heterocycles. The molecule has 0 fully saturated rings. The summed E-state index contributed by atoms with van der Waals surface area (Å²) in [4.78, 5) is 10.7. The topological polar surface area (TPSA) is 49.3 Å². The van der Waals surface area contributed by atoms with E-state index in [1.807, 2.05) is 0 Å². The summed E-state index contributed by atoms with van der Waals surface area (Å²) in [6.07, 6.45) is 0.641. The summed E-state index contributed by atoms with van der Waals surface area (Å²) in [6.45, 7) is 8.65. The smallest absolute Gasteiger partial charge is 0.306 e. The van der Waals surface area contributed by atoms with Gasteiger partial charge < -0.3 is 10.4 Å². The minimum Gasteiger partial charge on any atom is -0.481 e. The normalized spacial score (nSPS) is 12.2. The van der Waals surface area contributed by atoms with E-state index >= 15 is 0 Å². The van der Waals surface area contributed by atoms with E-state index in [4.69, 9.17) is 5.11 Å². The molecule has 94 valence electrons. The Labute approximate surface area is 103 Å². The Bertz CT molecular complexity index is 390. The molecule has 1 rings (SSSR count). The van der Waals surface area contributed by atoms with Gasteiger partial charge in [0.15, 0.2) is 0 Å². The maximum atomic E-state index is 10.7. The molecule has 0 amide bonds. The van der Waals surface area contributed by atoms with Crippen LogP contribution in [-0.2, 0) is 4.79 Å². The van der Waals surface area contributed by atoms with Crippen LogP contribution in [0.5, 0.6) is 0 Å². The fourth-order valence-corrected chi connectivity index (χ4v) is 2.00. The van der Waals surface area contributed by atoms with Crippen LogP contribution in [-0.4, -0.2) is 17.6 Å². The molecule has 0 heterocycles. The standard InChI is InChI=1S/C14H21NO2/c1-9-7-11(3)13(12(4)8-9)15-6-5-10(2)14(16)17/h7-8,10,15H,5-6H2,1-4H3,(H,16,17). The van der Waals surface area contributed by atoms with Crippen molar-refractivity contribution in [3.63, 3.8) is 0 Å². The average molecular weight is 235 g/mol. The van der Waals surface area contributed by atoms with Gasteiger partial charge in [0.05, 0.1) is 5.92 Å². The van der Waals surface area contributed by atoms with Gasteiger partial charge in [0.1, 0.15) is 0 Å². The van der Waals surface area contributed by atoms with Crippen LogP contribution in [0.3, 0.4) is 0 Å². The van der Waals surface area contributed by atoms with Crippen LogP contribution in [0.1, 0.15) is 30.0 Å². The van der Waals surface area contributed by atoms with Gasteiger partial charge in [-0.3, -0.25) is 4.79 Å². The predicted molar refractivity (Wildman–Crippen MR) is 70.6 cm³/mol. The first-order chi connectivity index (χ1) is 7.91. The van der Waals surface area contributed by atoms with E-state index in [0.717, 1.165) is 5.69 Å². The van der Waals surface area contributed by atoms with Crippen LogP contribution < -0.4 is 5.32 Å². The van der Waals surface area contributed by atoms with Crippen molar-refractivity contribution in [1.82, 2.24) is 0 Å². The molecule has 1 unspecified atom stereocenters. The maximum Gasteiger partial charge on any atom is 0.306 e. The number of aryl methyl sites for hydroxylation is 3. The Morgan fingerprint density at radius 3 is 2.29 bits per heavy atom. The highest BCUT2D eigenvalue weighted by Crippen LogP contribution is 2.22. The van der Waals surface area contributed by atoms with Crippen LogP contribution in [0.15, 0.2) is 12.1 Å². The van der Waals surface area contributed by atoms with Crippen molar-refractivity contribution in [3.05, 3.63) is 28.8 Å². The second-order valence-corrected chi connectivity index (χ2v) is 4.73. The first-order valence-electron chi connectivity index (χ1n) is 5.96. The molecule has 2 N–H and O–H groups in total. The van der Waals surface area contributed by atoms with E-state index in [1.54, 1.807) is 6.92 Å². The summed E-state index contributed by atoms with van der Waals surface area (Å²) in [6, 6.07) is 4.27. The lowest BCUT2D eigenvalue weighted by Gasteiger charge is -2.14. The van der Waals surface area contributed by atoms with Gasteiger partial charge >= 0.3 is 5.97 Å². The zero-order chi connectivity index (χ0) is 13.0. The Kier molecular flexibility index (Phi) is 4.55. The van der Waals surface area contributed by atoms with Crippen LogP contribution in [0, 0.1) is 26.7 Å². The molecule has 0 aromatic heterocycles. The van der Waals surface area contributed by atoms with Crippen molar-refractivity contribution in [2.75, 3.05) is 11.9 Å². The van der Waals surface area contributed by atoms with Crippen LogP contribution in [0.25, 0.3) is 0 Å². The number of hydrogen-bond acceptors (Lipinski definition) is 2. The monoisotopic (exact) mass is 235 g/mol. The summed E-state index contributed by atoms with van der Waals surface area (Å²) >= 11 is 0. The number of carboxylic acids is 1. The lowest BCUT2D eigenvalue weighted by atomic mass is 10.0. The van der Waals surface area contributed by atoms with Gasteiger partial charge in [-0.15, -0.1) is 0 Å². The third-order valence-corrected chi connectivity index (χ3v) is 2.98. The predicted octanol–water partition coefficient (Wildman–Crippen LogP) is 3.13. The molecular weight excluding hydrogens is 214 g/mol. The summed E-state index contributed by atoms with van der Waals surface area (Å²) in [7, 11) is 0. The largest absolute Gasteiger partial charge is 0.481 e. The van der Waals surface area contributed by atoms with Crippen molar-refractivity contribution < 1.29 is 9.90 Å². The SMILES string of the molecule is Cc1cc(C)c(NCCC(C)C(=O)O)c(C)c1. The number of benzene rings is 1. The molecule has 0 aliphatic rings. The third-order valence-electron chi connectivity index (χ3n) is 2.98. The first kappa shape index (κ1) is 13.6. The maximum absolute atomic E-state index is 10.7. The van der Waals surface area contributed by atoms with Crippen molar-refractivity contribution in [2.45, 2.75) is 34.1 Å². The van der Waals surface area contributed by atoms with Gasteiger partial charge in [-0.25, -0.2) is 0 Å². The zero-order valence-electron chi connectivity index (χ0n) is 11.0. The fourth-order valence-electron chi connectivity index (χ4n) is 2.00. The second kappa shape index (κ2) is 5.71. The molecular formula is C14H21NO2. The van der Waals surface area contributed by atoms with Gasteiger partial charge in [0.25, 0.3) is 0 Å². The van der Waals surface area contributed by atoms with E-state index < -0.39 is 5.97 Å². The number of carbonyl (C=O) groups is 1. The minimum atomic E-state index is -0.732. The minimum absolute atomic E-state index is 0.298. The first-order valence-corrected chi connectivity index (χ1v) is 5.96. The number of hydrogen-bond donors (Lipinski definition) is 2. The second-order valence-electron chi connectivity index (χ2n) is 4.73. The number of carboxylic acid groups (broad SMARTS) is 1. The Morgan fingerprint density at radius 2 is 1.82 bits per heavy atom. The van der Waals surface area contributed by atoms with Crippen molar-refractivity contribution >= 4 is 11.7 Å². The number of anilines is 1. The van der Waals surface area contributed by atoms with Crippen LogP contribution >= 0.6 is 0 Å². The van der Waals surface area contributed by atoms with Crippen LogP contribution in [0.2, 0.25) is 0 Å². The van der Waals surface area contributed by atoms with E-state index in [-0.39, 0.29) is 5.92 Å². The third kappa shape index (κ3) is 3.77. The molecule has 17 heavy (non-hydrogen) atoms. The van der Waals surface area contributed by atoms with E-state index in [2.05, 4.69) is 38.2 Å². The molecule has 0 bridgehead atoms. The highest BCUT2D eigenvalue weighted by atomic mass is 16.4. The molecule has 1 atom stereocenters. The van der Waals surface area contributed by atoms with Gasteiger partial charge in [0, 0.05) is 12.2 Å². The lowest BCUT2D eigenvalue weighted by molar-refractivity contribution is -0.141. The number of aliphatic carboxylic acids is 1. The van der Waals surface area contributed by atoms with Crippen molar-refractivity contribution in [1.29, 1.82) is 0 Å². The summed E-state index contributed by atoms with van der Waals surface area (Å²) in [5.41, 5.74) is 4.81. The van der Waals surface area contributed by atoms with Gasteiger partial charge in [0.2, 0.25) is 0 Å². The molecule has 0 radical (unpaired) electrons. The molecule has 3 nitrogen and oxygen atoms in total. The zero-order valence-corrected chi connectivity index (χ0v) is 11.0. The van der Waals surface area contributed by atoms with Gasteiger partial charge in [-0.2, -0.15) is 0 Å². The molecule has 0 spiro atoms. The van der Waals surface area contributed by atoms with E-state index in [0.29, 0.717) is 13.0 Å². The van der Waals surface area contributed by atoms with Crippen molar-refractivity contribution in [2.24, 2.45) is 5.92 Å². The van der Waals surface area contributed by atoms with E-state index in [1.165, 1.54) is 16.7 Å². The quantitative estimate of drug-likeness (QED) is 0.824. The molecule has 0 saturated heterocycles. The van der Waals surface area contributed by atoms with Crippen LogP contribution in [0.4, 0.5) is 5.69 Å².